The molecule has 116 valence electrons. The van der Waals surface area contributed by atoms with Crippen LogP contribution in [0.4, 0.5) is 0 Å². The molecule has 1 heterocycles. The zero-order valence-corrected chi connectivity index (χ0v) is 13.2. The molecule has 0 spiro atoms. The van der Waals surface area contributed by atoms with E-state index in [4.69, 9.17) is 0 Å². The molecule has 1 aliphatic rings. The van der Waals surface area contributed by atoms with Gasteiger partial charge in [-0.2, -0.15) is 0 Å². The molecule has 0 aliphatic carbocycles. The molecule has 0 saturated carbocycles. The Kier molecular flexibility index (Phi) is 6.21. The van der Waals surface area contributed by atoms with E-state index in [1.165, 1.54) is 0 Å². The van der Waals surface area contributed by atoms with Gasteiger partial charge in [0, 0.05) is 24.7 Å². The summed E-state index contributed by atoms with van der Waals surface area (Å²) in [6.07, 6.45) is 2.99. The first-order valence-electron chi connectivity index (χ1n) is 8.00. The third-order valence-electron chi connectivity index (χ3n) is 4.28. The van der Waals surface area contributed by atoms with Crippen molar-refractivity contribution in [3.8, 4) is 0 Å². The first kappa shape index (κ1) is 16.0. The molecular formula is C17H27N3O. The molecule has 0 atom stereocenters. The van der Waals surface area contributed by atoms with Gasteiger partial charge in [0.1, 0.15) is 0 Å². The van der Waals surface area contributed by atoms with E-state index in [-0.39, 0.29) is 5.91 Å². The lowest BCUT2D eigenvalue weighted by molar-refractivity contribution is 0.0911. The van der Waals surface area contributed by atoms with Gasteiger partial charge in [-0.3, -0.25) is 4.79 Å². The van der Waals surface area contributed by atoms with Crippen LogP contribution in [0.5, 0.6) is 0 Å². The largest absolute Gasteiger partial charge is 0.349 e. The van der Waals surface area contributed by atoms with Gasteiger partial charge in [0.15, 0.2) is 0 Å². The average molecular weight is 289 g/mol. The Balaban J connectivity index is 1.94. The first-order chi connectivity index (χ1) is 10.2. The van der Waals surface area contributed by atoms with E-state index < -0.39 is 0 Å². The predicted octanol–water partition coefficient (Wildman–Crippen LogP) is 1.66. The number of nitrogens with one attached hydrogen (secondary N) is 2. The zero-order valence-electron chi connectivity index (χ0n) is 13.2. The third-order valence-corrected chi connectivity index (χ3v) is 4.28. The molecule has 0 aromatic heterocycles. The van der Waals surface area contributed by atoms with Crippen LogP contribution in [0.15, 0.2) is 24.3 Å². The molecule has 1 aromatic carbocycles. The molecule has 21 heavy (non-hydrogen) atoms. The summed E-state index contributed by atoms with van der Waals surface area (Å²) < 4.78 is 0. The van der Waals surface area contributed by atoms with Gasteiger partial charge >= 0.3 is 0 Å². The van der Waals surface area contributed by atoms with Gasteiger partial charge in [-0.25, -0.2) is 0 Å². The van der Waals surface area contributed by atoms with E-state index in [0.29, 0.717) is 6.04 Å². The number of piperidine rings is 1. The van der Waals surface area contributed by atoms with Crippen molar-refractivity contribution in [2.45, 2.75) is 32.2 Å². The van der Waals surface area contributed by atoms with Crippen LogP contribution >= 0.6 is 0 Å². The number of likely N-dealkylation sites (N-methyl/N-ethyl adjacent to an activating group) is 1. The minimum atomic E-state index is 0.0802. The highest BCUT2D eigenvalue weighted by Crippen LogP contribution is 2.13. The zero-order chi connectivity index (χ0) is 15.1. The lowest BCUT2D eigenvalue weighted by Crippen LogP contribution is -2.44. The van der Waals surface area contributed by atoms with Crippen molar-refractivity contribution >= 4 is 5.91 Å². The van der Waals surface area contributed by atoms with Crippen LogP contribution in [0.3, 0.4) is 0 Å². The second kappa shape index (κ2) is 8.15. The standard InChI is InChI=1S/C17H27N3O/c1-3-20-12-9-15(10-13-20)19-17(21)16-7-5-4-6-14(16)8-11-18-2/h4-7,15,18H,3,8-13H2,1-2H3,(H,19,21). The molecule has 0 bridgehead atoms. The van der Waals surface area contributed by atoms with Gasteiger partial charge in [0.25, 0.3) is 5.91 Å². The molecule has 1 saturated heterocycles. The topological polar surface area (TPSA) is 44.4 Å². The van der Waals surface area contributed by atoms with Gasteiger partial charge in [0.2, 0.25) is 0 Å². The van der Waals surface area contributed by atoms with Crippen LogP contribution in [0.1, 0.15) is 35.7 Å². The van der Waals surface area contributed by atoms with E-state index in [1.54, 1.807) is 0 Å². The lowest BCUT2D eigenvalue weighted by atomic mass is 10.0. The summed E-state index contributed by atoms with van der Waals surface area (Å²) in [5.41, 5.74) is 1.95. The SMILES string of the molecule is CCN1CCC(NC(=O)c2ccccc2CCNC)CC1. The smallest absolute Gasteiger partial charge is 0.251 e. The van der Waals surface area contributed by atoms with Crippen LogP contribution < -0.4 is 10.6 Å². The molecule has 1 fully saturated rings. The van der Waals surface area contributed by atoms with Crippen molar-refractivity contribution in [1.29, 1.82) is 0 Å². The normalized spacial score (nSPS) is 16.9. The van der Waals surface area contributed by atoms with Crippen LogP contribution in [0, 0.1) is 0 Å². The molecule has 1 aliphatic heterocycles. The first-order valence-corrected chi connectivity index (χ1v) is 8.00. The maximum absolute atomic E-state index is 12.5. The molecule has 4 nitrogen and oxygen atoms in total. The van der Waals surface area contributed by atoms with Crippen LogP contribution in [0.25, 0.3) is 0 Å². The highest BCUT2D eigenvalue weighted by atomic mass is 16.1. The fourth-order valence-electron chi connectivity index (χ4n) is 2.88. The molecule has 0 unspecified atom stereocenters. The fraction of sp³-hybridized carbons (Fsp3) is 0.588. The third kappa shape index (κ3) is 4.55. The number of hydrogen-bond donors (Lipinski definition) is 2. The Morgan fingerprint density at radius 1 is 1.29 bits per heavy atom. The van der Waals surface area contributed by atoms with Crippen LogP contribution in [-0.4, -0.2) is 50.1 Å². The van der Waals surface area contributed by atoms with Crippen molar-refractivity contribution in [2.24, 2.45) is 0 Å². The van der Waals surface area contributed by atoms with Crippen molar-refractivity contribution in [3.05, 3.63) is 35.4 Å². The van der Waals surface area contributed by atoms with Crippen LogP contribution in [0.2, 0.25) is 0 Å². The number of nitrogens with zero attached hydrogens (tertiary/aromatic N) is 1. The summed E-state index contributed by atoms with van der Waals surface area (Å²) in [6, 6.07) is 8.24. The maximum atomic E-state index is 12.5. The van der Waals surface area contributed by atoms with E-state index >= 15 is 0 Å². The number of benzene rings is 1. The van der Waals surface area contributed by atoms with Gasteiger partial charge in [-0.05, 0) is 51.0 Å². The summed E-state index contributed by atoms with van der Waals surface area (Å²) in [7, 11) is 1.93. The molecule has 1 aromatic rings. The molecule has 2 rings (SSSR count). The quantitative estimate of drug-likeness (QED) is 0.837. The number of hydrogen-bond acceptors (Lipinski definition) is 3. The lowest BCUT2D eigenvalue weighted by Gasteiger charge is -2.31. The number of amides is 1. The van der Waals surface area contributed by atoms with E-state index in [0.717, 1.165) is 56.6 Å². The number of rotatable bonds is 6. The predicted molar refractivity (Wildman–Crippen MR) is 86.7 cm³/mol. The van der Waals surface area contributed by atoms with E-state index in [9.17, 15) is 4.79 Å². The second-order valence-electron chi connectivity index (χ2n) is 5.69. The summed E-state index contributed by atoms with van der Waals surface area (Å²) in [6.45, 7) is 6.36. The van der Waals surface area contributed by atoms with Gasteiger partial charge in [0.05, 0.1) is 0 Å². The number of carbonyl (C=O) groups is 1. The van der Waals surface area contributed by atoms with Gasteiger partial charge in [-0.1, -0.05) is 25.1 Å². The van der Waals surface area contributed by atoms with E-state index in [1.807, 2.05) is 31.3 Å². The van der Waals surface area contributed by atoms with Crippen molar-refractivity contribution < 1.29 is 4.79 Å². The Hall–Kier alpha value is -1.39. The Morgan fingerprint density at radius 2 is 2.00 bits per heavy atom. The Labute approximate surface area is 127 Å². The summed E-state index contributed by atoms with van der Waals surface area (Å²) in [5.74, 6) is 0.0802. The van der Waals surface area contributed by atoms with Gasteiger partial charge < -0.3 is 15.5 Å². The highest BCUT2D eigenvalue weighted by molar-refractivity contribution is 5.95. The van der Waals surface area contributed by atoms with E-state index in [2.05, 4.69) is 22.5 Å². The monoisotopic (exact) mass is 289 g/mol. The molecular weight excluding hydrogens is 262 g/mol. The molecule has 4 heteroatoms. The van der Waals surface area contributed by atoms with Gasteiger partial charge in [-0.15, -0.1) is 0 Å². The minimum absolute atomic E-state index is 0.0802. The van der Waals surface area contributed by atoms with Crippen molar-refractivity contribution in [1.82, 2.24) is 15.5 Å². The summed E-state index contributed by atoms with van der Waals surface area (Å²) in [5, 5.41) is 6.35. The highest BCUT2D eigenvalue weighted by Gasteiger charge is 2.21. The molecule has 1 amide bonds. The number of likely N-dealkylation sites (tertiary alicyclic amines) is 1. The minimum Gasteiger partial charge on any atom is -0.349 e. The second-order valence-corrected chi connectivity index (χ2v) is 5.69. The average Bonchev–Trinajstić information content (AvgIpc) is 2.54. The fourth-order valence-corrected chi connectivity index (χ4v) is 2.88. The van der Waals surface area contributed by atoms with Crippen molar-refractivity contribution in [2.75, 3.05) is 33.2 Å². The molecule has 2 N–H and O–H groups in total. The summed E-state index contributed by atoms with van der Waals surface area (Å²) >= 11 is 0. The Bertz CT molecular complexity index is 453. The number of carbonyl (C=O) groups excluding carboxylic acids is 1. The molecule has 0 radical (unpaired) electrons. The van der Waals surface area contributed by atoms with Crippen LogP contribution in [-0.2, 0) is 6.42 Å². The summed E-state index contributed by atoms with van der Waals surface area (Å²) in [4.78, 5) is 14.9. The van der Waals surface area contributed by atoms with Crippen molar-refractivity contribution in [3.63, 3.8) is 0 Å². The maximum Gasteiger partial charge on any atom is 0.251 e. The Morgan fingerprint density at radius 3 is 2.67 bits per heavy atom.